The highest BCUT2D eigenvalue weighted by Crippen LogP contribution is 2.22. The number of rotatable bonds is 7. The van der Waals surface area contributed by atoms with Crippen LogP contribution < -0.4 is 10.1 Å². The van der Waals surface area contributed by atoms with Gasteiger partial charge in [-0.2, -0.15) is 0 Å². The van der Waals surface area contributed by atoms with Crippen molar-refractivity contribution in [3.63, 3.8) is 0 Å². The molecule has 0 aliphatic carbocycles. The summed E-state index contributed by atoms with van der Waals surface area (Å²) in [5.74, 6) is 0.828. The normalized spacial score (nSPS) is 11.2. The van der Waals surface area contributed by atoms with E-state index in [1.165, 1.54) is 0 Å². The predicted octanol–water partition coefficient (Wildman–Crippen LogP) is 3.80. The van der Waals surface area contributed by atoms with Crippen LogP contribution in [-0.4, -0.2) is 43.3 Å². The van der Waals surface area contributed by atoms with Crippen molar-refractivity contribution in [2.24, 2.45) is 0 Å². The largest absolute Gasteiger partial charge is 0.497 e. The molecule has 0 radical (unpaired) electrons. The quantitative estimate of drug-likeness (QED) is 0.723. The van der Waals surface area contributed by atoms with E-state index in [1.807, 2.05) is 45.9 Å². The summed E-state index contributed by atoms with van der Waals surface area (Å²) in [5.41, 5.74) is 0.647. The maximum absolute atomic E-state index is 12.0. The highest BCUT2D eigenvalue weighted by Gasteiger charge is 2.20. The third kappa shape index (κ3) is 7.22. The Bertz CT molecular complexity index is 515. The Morgan fingerprint density at radius 2 is 2.04 bits per heavy atom. The van der Waals surface area contributed by atoms with Crippen molar-refractivity contribution < 1.29 is 14.3 Å². The Labute approximate surface area is 147 Å². The zero-order valence-electron chi connectivity index (χ0n) is 14.6. The maximum Gasteiger partial charge on any atom is 0.410 e. The van der Waals surface area contributed by atoms with Crippen LogP contribution in [0, 0.1) is 0 Å². The van der Waals surface area contributed by atoms with E-state index in [2.05, 4.69) is 21.2 Å². The third-order valence-electron chi connectivity index (χ3n) is 3.16. The minimum Gasteiger partial charge on any atom is -0.497 e. The molecule has 1 aromatic carbocycles. The lowest BCUT2D eigenvalue weighted by atomic mass is 10.2. The molecule has 0 aliphatic rings. The molecule has 0 aromatic heterocycles. The van der Waals surface area contributed by atoms with Gasteiger partial charge in [0.2, 0.25) is 0 Å². The minimum absolute atomic E-state index is 0.274. The van der Waals surface area contributed by atoms with Crippen LogP contribution >= 0.6 is 15.9 Å². The second-order valence-electron chi connectivity index (χ2n) is 6.19. The SMILES string of the molecule is CCN(CCNCc1cc(OC)ccc1Br)C(=O)OC(C)(C)C. The average molecular weight is 387 g/mol. The number of nitrogens with one attached hydrogen (secondary N) is 1. The monoisotopic (exact) mass is 386 g/mol. The lowest BCUT2D eigenvalue weighted by molar-refractivity contribution is 0.0262. The first-order valence-electron chi connectivity index (χ1n) is 7.78. The molecule has 0 fully saturated rings. The van der Waals surface area contributed by atoms with Crippen LogP contribution in [0.15, 0.2) is 22.7 Å². The Balaban J connectivity index is 2.45. The zero-order valence-corrected chi connectivity index (χ0v) is 16.2. The maximum atomic E-state index is 12.0. The lowest BCUT2D eigenvalue weighted by Crippen LogP contribution is -2.40. The zero-order chi connectivity index (χ0) is 17.5. The number of hydrogen-bond donors (Lipinski definition) is 1. The van der Waals surface area contributed by atoms with Gasteiger partial charge in [0.15, 0.2) is 0 Å². The summed E-state index contributed by atoms with van der Waals surface area (Å²) in [6, 6.07) is 5.87. The topological polar surface area (TPSA) is 50.8 Å². The number of hydrogen-bond acceptors (Lipinski definition) is 4. The van der Waals surface area contributed by atoms with E-state index in [0.29, 0.717) is 26.2 Å². The number of methoxy groups -OCH3 is 1. The molecular formula is C17H27BrN2O3. The molecule has 0 unspecified atom stereocenters. The second-order valence-corrected chi connectivity index (χ2v) is 7.05. The van der Waals surface area contributed by atoms with Crippen molar-refractivity contribution in [1.29, 1.82) is 0 Å². The first-order chi connectivity index (χ1) is 10.8. The number of benzene rings is 1. The first kappa shape index (κ1) is 19.8. The molecule has 1 rings (SSSR count). The molecule has 0 bridgehead atoms. The summed E-state index contributed by atoms with van der Waals surface area (Å²) < 4.78 is 11.7. The van der Waals surface area contributed by atoms with Crippen LogP contribution in [0.1, 0.15) is 33.3 Å². The van der Waals surface area contributed by atoms with Crippen molar-refractivity contribution in [1.82, 2.24) is 10.2 Å². The van der Waals surface area contributed by atoms with Gasteiger partial charge in [0.25, 0.3) is 0 Å². The predicted molar refractivity (Wildman–Crippen MR) is 95.9 cm³/mol. The Morgan fingerprint density at radius 1 is 1.35 bits per heavy atom. The van der Waals surface area contributed by atoms with Gasteiger partial charge in [0.1, 0.15) is 11.4 Å². The van der Waals surface area contributed by atoms with Crippen LogP contribution in [0.4, 0.5) is 4.79 Å². The fraction of sp³-hybridized carbons (Fsp3) is 0.588. The molecule has 1 N–H and O–H groups in total. The van der Waals surface area contributed by atoms with Gasteiger partial charge in [-0.1, -0.05) is 15.9 Å². The molecule has 5 nitrogen and oxygen atoms in total. The average Bonchev–Trinajstić information content (AvgIpc) is 2.47. The van der Waals surface area contributed by atoms with Crippen LogP contribution in [0.2, 0.25) is 0 Å². The van der Waals surface area contributed by atoms with E-state index < -0.39 is 5.60 Å². The van der Waals surface area contributed by atoms with Crippen molar-refractivity contribution >= 4 is 22.0 Å². The van der Waals surface area contributed by atoms with Gasteiger partial charge in [-0.05, 0) is 51.5 Å². The molecule has 1 aromatic rings. The van der Waals surface area contributed by atoms with E-state index in [0.717, 1.165) is 15.8 Å². The van der Waals surface area contributed by atoms with Gasteiger partial charge < -0.3 is 19.7 Å². The molecule has 0 atom stereocenters. The summed E-state index contributed by atoms with van der Waals surface area (Å²) in [6.45, 7) is 10.2. The smallest absolute Gasteiger partial charge is 0.410 e. The molecular weight excluding hydrogens is 360 g/mol. The van der Waals surface area contributed by atoms with Crippen LogP contribution in [0.5, 0.6) is 5.75 Å². The van der Waals surface area contributed by atoms with Crippen LogP contribution in [0.3, 0.4) is 0 Å². The van der Waals surface area contributed by atoms with Crippen molar-refractivity contribution in [2.75, 3.05) is 26.7 Å². The summed E-state index contributed by atoms with van der Waals surface area (Å²) in [5, 5.41) is 3.34. The number of nitrogens with zero attached hydrogens (tertiary/aromatic N) is 1. The molecule has 130 valence electrons. The van der Waals surface area contributed by atoms with E-state index >= 15 is 0 Å². The molecule has 0 aliphatic heterocycles. The molecule has 0 saturated carbocycles. The van der Waals surface area contributed by atoms with Gasteiger partial charge >= 0.3 is 6.09 Å². The molecule has 1 amide bonds. The van der Waals surface area contributed by atoms with E-state index in [4.69, 9.17) is 9.47 Å². The van der Waals surface area contributed by atoms with Gasteiger partial charge in [-0.3, -0.25) is 0 Å². The summed E-state index contributed by atoms with van der Waals surface area (Å²) in [4.78, 5) is 13.7. The van der Waals surface area contributed by atoms with E-state index in [-0.39, 0.29) is 6.09 Å². The molecule has 0 saturated heterocycles. The van der Waals surface area contributed by atoms with Gasteiger partial charge in [0, 0.05) is 30.7 Å². The minimum atomic E-state index is -0.469. The summed E-state index contributed by atoms with van der Waals surface area (Å²) in [6.07, 6.45) is -0.274. The van der Waals surface area contributed by atoms with E-state index in [1.54, 1.807) is 12.0 Å². The summed E-state index contributed by atoms with van der Waals surface area (Å²) >= 11 is 3.53. The number of carbonyl (C=O) groups excluding carboxylic acids is 1. The number of halogens is 1. The standard InChI is InChI=1S/C17H27BrN2O3/c1-6-20(16(21)23-17(2,3)4)10-9-19-12-13-11-14(22-5)7-8-15(13)18/h7-8,11,19H,6,9-10,12H2,1-5H3. The molecule has 23 heavy (non-hydrogen) atoms. The van der Waals surface area contributed by atoms with Gasteiger partial charge in [-0.25, -0.2) is 4.79 Å². The van der Waals surface area contributed by atoms with Crippen molar-refractivity contribution in [3.05, 3.63) is 28.2 Å². The Morgan fingerprint density at radius 3 is 2.61 bits per heavy atom. The van der Waals surface area contributed by atoms with E-state index in [9.17, 15) is 4.79 Å². The summed E-state index contributed by atoms with van der Waals surface area (Å²) in [7, 11) is 1.65. The number of ether oxygens (including phenoxy) is 2. The molecule has 0 spiro atoms. The first-order valence-corrected chi connectivity index (χ1v) is 8.57. The van der Waals surface area contributed by atoms with Crippen LogP contribution in [0.25, 0.3) is 0 Å². The highest BCUT2D eigenvalue weighted by atomic mass is 79.9. The Hall–Kier alpha value is -1.27. The lowest BCUT2D eigenvalue weighted by Gasteiger charge is -2.26. The number of likely N-dealkylation sites (N-methyl/N-ethyl adjacent to an activating group) is 1. The van der Waals surface area contributed by atoms with Crippen molar-refractivity contribution in [3.8, 4) is 5.75 Å². The fourth-order valence-corrected chi connectivity index (χ4v) is 2.34. The fourth-order valence-electron chi connectivity index (χ4n) is 1.96. The van der Waals surface area contributed by atoms with Crippen molar-refractivity contribution in [2.45, 2.75) is 39.8 Å². The number of amides is 1. The van der Waals surface area contributed by atoms with Gasteiger partial charge in [-0.15, -0.1) is 0 Å². The van der Waals surface area contributed by atoms with Gasteiger partial charge in [0.05, 0.1) is 7.11 Å². The Kier molecular flexibility index (Phi) is 7.85. The molecule has 0 heterocycles. The molecule has 6 heteroatoms. The second kappa shape index (κ2) is 9.13. The third-order valence-corrected chi connectivity index (χ3v) is 3.93. The van der Waals surface area contributed by atoms with Crippen LogP contribution in [-0.2, 0) is 11.3 Å². The highest BCUT2D eigenvalue weighted by molar-refractivity contribution is 9.10. The number of carbonyl (C=O) groups is 1.